The highest BCUT2D eigenvalue weighted by molar-refractivity contribution is 8.00. The van der Waals surface area contributed by atoms with Gasteiger partial charge in [-0.05, 0) is 31.9 Å². The summed E-state index contributed by atoms with van der Waals surface area (Å²) < 4.78 is 4.74. The molecule has 2 rings (SSSR count). The zero-order valence-electron chi connectivity index (χ0n) is 11.7. The van der Waals surface area contributed by atoms with Crippen LogP contribution in [-0.2, 0) is 14.3 Å². The van der Waals surface area contributed by atoms with Gasteiger partial charge in [0.1, 0.15) is 6.04 Å². The Balaban J connectivity index is 1.95. The van der Waals surface area contributed by atoms with Crippen LogP contribution >= 0.6 is 11.8 Å². The van der Waals surface area contributed by atoms with E-state index in [0.29, 0.717) is 5.75 Å². The van der Waals surface area contributed by atoms with Crippen LogP contribution in [0.5, 0.6) is 0 Å². The van der Waals surface area contributed by atoms with E-state index >= 15 is 0 Å². The average Bonchev–Trinajstić information content (AvgIpc) is 3.30. The maximum Gasteiger partial charge on any atom is 0.328 e. The SMILES string of the molecule is COC(=O)C(C)N(C(=O)CSc1ccccc1)C1CC1. The Morgan fingerprint density at radius 1 is 1.35 bits per heavy atom. The van der Waals surface area contributed by atoms with Crippen LogP contribution in [0.15, 0.2) is 35.2 Å². The third-order valence-electron chi connectivity index (χ3n) is 3.29. The van der Waals surface area contributed by atoms with Crippen molar-refractivity contribution in [2.24, 2.45) is 0 Å². The summed E-state index contributed by atoms with van der Waals surface area (Å²) in [4.78, 5) is 26.7. The lowest BCUT2D eigenvalue weighted by Crippen LogP contribution is -2.46. The first kappa shape index (κ1) is 14.9. The summed E-state index contributed by atoms with van der Waals surface area (Å²) in [6.45, 7) is 1.73. The predicted octanol–water partition coefficient (Wildman–Crippen LogP) is 2.33. The predicted molar refractivity (Wildman–Crippen MR) is 78.5 cm³/mol. The summed E-state index contributed by atoms with van der Waals surface area (Å²) in [5.41, 5.74) is 0. The van der Waals surface area contributed by atoms with Gasteiger partial charge in [0.2, 0.25) is 5.91 Å². The van der Waals surface area contributed by atoms with Gasteiger partial charge in [0.05, 0.1) is 12.9 Å². The highest BCUT2D eigenvalue weighted by atomic mass is 32.2. The number of hydrogen-bond acceptors (Lipinski definition) is 4. The molecule has 0 saturated heterocycles. The van der Waals surface area contributed by atoms with Gasteiger partial charge in [0.25, 0.3) is 0 Å². The van der Waals surface area contributed by atoms with E-state index < -0.39 is 6.04 Å². The maximum atomic E-state index is 12.4. The molecule has 1 saturated carbocycles. The number of hydrogen-bond donors (Lipinski definition) is 0. The van der Waals surface area contributed by atoms with Crippen LogP contribution in [0.25, 0.3) is 0 Å². The fourth-order valence-corrected chi connectivity index (χ4v) is 2.90. The molecule has 0 N–H and O–H groups in total. The molecule has 0 aromatic heterocycles. The lowest BCUT2D eigenvalue weighted by atomic mass is 10.2. The van der Waals surface area contributed by atoms with E-state index in [4.69, 9.17) is 4.74 Å². The van der Waals surface area contributed by atoms with E-state index in [-0.39, 0.29) is 17.9 Å². The zero-order chi connectivity index (χ0) is 14.5. The van der Waals surface area contributed by atoms with Gasteiger partial charge in [0.15, 0.2) is 0 Å². The van der Waals surface area contributed by atoms with Gasteiger partial charge in [-0.2, -0.15) is 0 Å². The van der Waals surface area contributed by atoms with Crippen molar-refractivity contribution in [3.63, 3.8) is 0 Å². The molecule has 108 valence electrons. The summed E-state index contributed by atoms with van der Waals surface area (Å²) in [7, 11) is 1.35. The van der Waals surface area contributed by atoms with Crippen molar-refractivity contribution in [2.45, 2.75) is 36.7 Å². The first-order chi connectivity index (χ1) is 9.63. The van der Waals surface area contributed by atoms with Crippen molar-refractivity contribution in [3.8, 4) is 0 Å². The number of thioether (sulfide) groups is 1. The molecule has 0 radical (unpaired) electrons. The minimum atomic E-state index is -0.503. The number of amides is 1. The van der Waals surface area contributed by atoms with Gasteiger partial charge in [-0.15, -0.1) is 11.8 Å². The van der Waals surface area contributed by atoms with E-state index in [1.54, 1.807) is 11.8 Å². The van der Waals surface area contributed by atoms with Crippen LogP contribution in [-0.4, -0.2) is 41.7 Å². The van der Waals surface area contributed by atoms with E-state index in [1.165, 1.54) is 18.9 Å². The molecule has 1 unspecified atom stereocenters. The smallest absolute Gasteiger partial charge is 0.328 e. The van der Waals surface area contributed by atoms with E-state index in [9.17, 15) is 9.59 Å². The molecule has 0 aliphatic heterocycles. The van der Waals surface area contributed by atoms with Crippen LogP contribution in [0.3, 0.4) is 0 Å². The molecule has 20 heavy (non-hydrogen) atoms. The van der Waals surface area contributed by atoms with Crippen LogP contribution < -0.4 is 0 Å². The second-order valence-electron chi connectivity index (χ2n) is 4.83. The monoisotopic (exact) mass is 293 g/mol. The minimum Gasteiger partial charge on any atom is -0.467 e. The molecule has 1 aromatic rings. The Bertz CT molecular complexity index is 473. The highest BCUT2D eigenvalue weighted by Gasteiger charge is 2.38. The first-order valence-electron chi connectivity index (χ1n) is 6.70. The van der Waals surface area contributed by atoms with Crippen LogP contribution in [0.1, 0.15) is 19.8 Å². The van der Waals surface area contributed by atoms with E-state index in [0.717, 1.165) is 17.7 Å². The van der Waals surface area contributed by atoms with Gasteiger partial charge in [0, 0.05) is 10.9 Å². The fourth-order valence-electron chi connectivity index (χ4n) is 2.11. The zero-order valence-corrected chi connectivity index (χ0v) is 12.6. The van der Waals surface area contributed by atoms with Crippen LogP contribution in [0.4, 0.5) is 0 Å². The summed E-state index contributed by atoms with van der Waals surface area (Å²) in [6.07, 6.45) is 1.95. The lowest BCUT2D eigenvalue weighted by molar-refractivity contribution is -0.151. The van der Waals surface area contributed by atoms with Crippen molar-refractivity contribution in [2.75, 3.05) is 12.9 Å². The molecule has 0 heterocycles. The Hall–Kier alpha value is -1.49. The molecule has 1 aliphatic carbocycles. The molecule has 0 bridgehead atoms. The summed E-state index contributed by atoms with van der Waals surface area (Å²) in [5.74, 6) is -0.00352. The molecule has 1 aliphatic rings. The van der Waals surface area contributed by atoms with Crippen molar-refractivity contribution < 1.29 is 14.3 Å². The maximum absolute atomic E-state index is 12.4. The summed E-state index contributed by atoms with van der Waals surface area (Å²) in [5, 5.41) is 0. The average molecular weight is 293 g/mol. The Morgan fingerprint density at radius 2 is 2.00 bits per heavy atom. The van der Waals surface area contributed by atoms with Gasteiger partial charge < -0.3 is 9.64 Å². The van der Waals surface area contributed by atoms with Crippen molar-refractivity contribution in [1.29, 1.82) is 0 Å². The third-order valence-corrected chi connectivity index (χ3v) is 4.29. The minimum absolute atomic E-state index is 0.000692. The Kier molecular flexibility index (Phi) is 5.06. The van der Waals surface area contributed by atoms with Crippen LogP contribution in [0, 0.1) is 0 Å². The number of nitrogens with zero attached hydrogens (tertiary/aromatic N) is 1. The molecule has 5 heteroatoms. The number of benzene rings is 1. The summed E-state index contributed by atoms with van der Waals surface area (Å²) >= 11 is 1.50. The quantitative estimate of drug-likeness (QED) is 0.596. The number of esters is 1. The van der Waals surface area contributed by atoms with Crippen molar-refractivity contribution in [3.05, 3.63) is 30.3 Å². The van der Waals surface area contributed by atoms with Crippen LogP contribution in [0.2, 0.25) is 0 Å². The normalized spacial score (nSPS) is 15.5. The van der Waals surface area contributed by atoms with Gasteiger partial charge in [-0.3, -0.25) is 4.79 Å². The number of carbonyl (C=O) groups is 2. The largest absolute Gasteiger partial charge is 0.467 e. The van der Waals surface area contributed by atoms with Crippen molar-refractivity contribution >= 4 is 23.6 Å². The highest BCUT2D eigenvalue weighted by Crippen LogP contribution is 2.30. The van der Waals surface area contributed by atoms with Gasteiger partial charge in [-0.1, -0.05) is 18.2 Å². The summed E-state index contributed by atoms with van der Waals surface area (Å²) in [6, 6.07) is 9.49. The number of ether oxygens (including phenoxy) is 1. The Labute approximate surface area is 123 Å². The Morgan fingerprint density at radius 3 is 2.55 bits per heavy atom. The molecular formula is C15H19NO3S. The molecule has 1 atom stereocenters. The van der Waals surface area contributed by atoms with Crippen molar-refractivity contribution in [1.82, 2.24) is 4.90 Å². The molecule has 0 spiro atoms. The molecular weight excluding hydrogens is 274 g/mol. The van der Waals surface area contributed by atoms with E-state index in [2.05, 4.69) is 0 Å². The second kappa shape index (κ2) is 6.79. The standard InChI is InChI=1S/C15H19NO3S/c1-11(15(18)19-2)16(12-8-9-12)14(17)10-20-13-6-4-3-5-7-13/h3-7,11-12H,8-10H2,1-2H3. The number of rotatable bonds is 6. The number of methoxy groups -OCH3 is 1. The van der Waals surface area contributed by atoms with Gasteiger partial charge >= 0.3 is 5.97 Å². The second-order valence-corrected chi connectivity index (χ2v) is 5.88. The molecule has 1 aromatic carbocycles. The van der Waals surface area contributed by atoms with E-state index in [1.807, 2.05) is 30.3 Å². The third kappa shape index (κ3) is 3.76. The molecule has 1 amide bonds. The number of carbonyl (C=O) groups excluding carboxylic acids is 2. The lowest BCUT2D eigenvalue weighted by Gasteiger charge is -2.27. The molecule has 1 fully saturated rings. The fraction of sp³-hybridized carbons (Fsp3) is 0.467. The first-order valence-corrected chi connectivity index (χ1v) is 7.69. The van der Waals surface area contributed by atoms with Gasteiger partial charge in [-0.25, -0.2) is 4.79 Å². The molecule has 4 nitrogen and oxygen atoms in total. The topological polar surface area (TPSA) is 46.6 Å².